The van der Waals surface area contributed by atoms with Gasteiger partial charge in [-0.3, -0.25) is 14.9 Å². The second-order valence-corrected chi connectivity index (χ2v) is 8.50. The highest BCUT2D eigenvalue weighted by Crippen LogP contribution is 2.30. The molecule has 9 heteroatoms. The van der Waals surface area contributed by atoms with E-state index in [0.29, 0.717) is 9.87 Å². The molecule has 0 aromatic heterocycles. The molecule has 0 saturated carbocycles. The number of nitrogens with zero attached hydrogens (tertiary/aromatic N) is 2. The van der Waals surface area contributed by atoms with E-state index in [0.717, 1.165) is 5.56 Å². The van der Waals surface area contributed by atoms with Crippen LogP contribution < -0.4 is 9.04 Å². The molecule has 3 aromatic rings. The molecule has 160 valence electrons. The number of ether oxygens (including phenoxy) is 1. The summed E-state index contributed by atoms with van der Waals surface area (Å²) in [6.07, 6.45) is 0. The van der Waals surface area contributed by atoms with Crippen LogP contribution in [0.4, 0.5) is 11.4 Å². The normalized spacial score (nSPS) is 11.0. The Balaban J connectivity index is 2.02. The molecule has 8 nitrogen and oxygen atoms in total. The molecule has 0 bridgehead atoms. The van der Waals surface area contributed by atoms with Gasteiger partial charge in [-0.05, 0) is 49.2 Å². The zero-order valence-corrected chi connectivity index (χ0v) is 17.7. The number of para-hydroxylation sites is 2. The van der Waals surface area contributed by atoms with Crippen LogP contribution in [-0.4, -0.2) is 25.9 Å². The molecule has 31 heavy (non-hydrogen) atoms. The van der Waals surface area contributed by atoms with Gasteiger partial charge in [0.15, 0.2) is 12.4 Å². The van der Waals surface area contributed by atoms with Gasteiger partial charge in [0.1, 0.15) is 0 Å². The minimum Gasteiger partial charge on any atom is -0.477 e. The van der Waals surface area contributed by atoms with E-state index in [1.165, 1.54) is 42.5 Å². The summed E-state index contributed by atoms with van der Waals surface area (Å²) in [6, 6.07) is 18.1. The number of carbonyl (C=O) groups is 1. The van der Waals surface area contributed by atoms with Crippen molar-refractivity contribution in [2.45, 2.75) is 18.7 Å². The van der Waals surface area contributed by atoms with E-state index in [9.17, 15) is 23.3 Å². The van der Waals surface area contributed by atoms with Gasteiger partial charge in [-0.25, -0.2) is 8.42 Å². The maximum atomic E-state index is 13.4. The average Bonchev–Trinajstić information content (AvgIpc) is 2.76. The van der Waals surface area contributed by atoms with Gasteiger partial charge in [-0.1, -0.05) is 42.5 Å². The number of nitro benzene ring substituents is 1. The molecule has 0 aliphatic carbocycles. The zero-order chi connectivity index (χ0) is 22.6. The number of aryl methyl sites for hydroxylation is 1. The molecule has 3 aromatic carbocycles. The second kappa shape index (κ2) is 8.97. The SMILES string of the molecule is Cc1cccc(N(C(=O)COc2ccccc2[N+](=O)[O-])S(=O)(=O)c2ccccc2)c1C. The molecule has 3 rings (SSSR count). The summed E-state index contributed by atoms with van der Waals surface area (Å²) in [4.78, 5) is 23.6. The molecule has 0 spiro atoms. The molecule has 0 aliphatic heterocycles. The third-order valence-corrected chi connectivity index (χ3v) is 6.46. The fourth-order valence-electron chi connectivity index (χ4n) is 2.98. The van der Waals surface area contributed by atoms with Gasteiger partial charge in [-0.15, -0.1) is 0 Å². The van der Waals surface area contributed by atoms with Crippen LogP contribution in [0.1, 0.15) is 11.1 Å². The monoisotopic (exact) mass is 440 g/mol. The van der Waals surface area contributed by atoms with Gasteiger partial charge >= 0.3 is 5.69 Å². The topological polar surface area (TPSA) is 107 Å². The highest BCUT2D eigenvalue weighted by Gasteiger charge is 2.33. The quantitative estimate of drug-likeness (QED) is 0.406. The van der Waals surface area contributed by atoms with E-state index in [4.69, 9.17) is 4.74 Å². The number of nitro groups is 1. The lowest BCUT2D eigenvalue weighted by Crippen LogP contribution is -2.40. The molecule has 1 amide bonds. The van der Waals surface area contributed by atoms with Crippen LogP contribution in [0.25, 0.3) is 0 Å². The van der Waals surface area contributed by atoms with Crippen molar-refractivity contribution in [1.29, 1.82) is 0 Å². The fraction of sp³-hybridized carbons (Fsp3) is 0.136. The lowest BCUT2D eigenvalue weighted by Gasteiger charge is -2.25. The highest BCUT2D eigenvalue weighted by molar-refractivity contribution is 7.93. The third-order valence-electron chi connectivity index (χ3n) is 4.72. The predicted molar refractivity (Wildman–Crippen MR) is 116 cm³/mol. The van der Waals surface area contributed by atoms with Gasteiger partial charge < -0.3 is 4.74 Å². The van der Waals surface area contributed by atoms with Crippen molar-refractivity contribution in [1.82, 2.24) is 0 Å². The highest BCUT2D eigenvalue weighted by atomic mass is 32.2. The Morgan fingerprint density at radius 3 is 2.29 bits per heavy atom. The predicted octanol–water partition coefficient (Wildman–Crippen LogP) is 4.01. The molecule has 0 unspecified atom stereocenters. The number of hydrogen-bond acceptors (Lipinski definition) is 6. The smallest absolute Gasteiger partial charge is 0.310 e. The minimum atomic E-state index is -4.25. The number of carbonyl (C=O) groups excluding carboxylic acids is 1. The number of benzene rings is 3. The van der Waals surface area contributed by atoms with Crippen LogP contribution in [-0.2, 0) is 14.8 Å². The minimum absolute atomic E-state index is 0.0602. The van der Waals surface area contributed by atoms with E-state index in [-0.39, 0.29) is 22.0 Å². The Morgan fingerprint density at radius 1 is 0.968 bits per heavy atom. The van der Waals surface area contributed by atoms with Crippen LogP contribution in [0.2, 0.25) is 0 Å². The first-order valence-corrected chi connectivity index (χ1v) is 10.7. The molecule has 0 saturated heterocycles. The first kappa shape index (κ1) is 22.0. The largest absolute Gasteiger partial charge is 0.477 e. The lowest BCUT2D eigenvalue weighted by atomic mass is 10.1. The van der Waals surface area contributed by atoms with Crippen LogP contribution in [0, 0.1) is 24.0 Å². The lowest BCUT2D eigenvalue weighted by molar-refractivity contribution is -0.385. The van der Waals surface area contributed by atoms with Crippen LogP contribution in [0.3, 0.4) is 0 Å². The summed E-state index contributed by atoms with van der Waals surface area (Å²) >= 11 is 0. The van der Waals surface area contributed by atoms with Gasteiger partial charge in [0, 0.05) is 6.07 Å². The van der Waals surface area contributed by atoms with Crippen molar-refractivity contribution in [3.63, 3.8) is 0 Å². The molecule has 0 N–H and O–H groups in total. The Morgan fingerprint density at radius 2 is 1.61 bits per heavy atom. The molecule has 0 heterocycles. The fourth-order valence-corrected chi connectivity index (χ4v) is 4.47. The van der Waals surface area contributed by atoms with Crippen molar-refractivity contribution < 1.29 is 22.9 Å². The summed E-state index contributed by atoms with van der Waals surface area (Å²) in [5.74, 6) is -1.01. The van der Waals surface area contributed by atoms with Crippen LogP contribution >= 0.6 is 0 Å². The van der Waals surface area contributed by atoms with Crippen LogP contribution in [0.5, 0.6) is 5.75 Å². The maximum absolute atomic E-state index is 13.4. The first-order chi connectivity index (χ1) is 14.7. The van der Waals surface area contributed by atoms with Crippen molar-refractivity contribution in [2.75, 3.05) is 10.9 Å². The van der Waals surface area contributed by atoms with E-state index in [1.54, 1.807) is 44.2 Å². The number of amides is 1. The van der Waals surface area contributed by atoms with Gasteiger partial charge in [0.05, 0.1) is 15.5 Å². The summed E-state index contributed by atoms with van der Waals surface area (Å²) in [5.41, 5.74) is 1.29. The number of rotatable bonds is 7. The van der Waals surface area contributed by atoms with E-state index >= 15 is 0 Å². The first-order valence-electron chi connectivity index (χ1n) is 9.29. The van der Waals surface area contributed by atoms with Crippen molar-refractivity contribution in [2.24, 2.45) is 0 Å². The summed E-state index contributed by atoms with van der Waals surface area (Å²) in [5, 5.41) is 11.2. The summed E-state index contributed by atoms with van der Waals surface area (Å²) < 4.78 is 32.8. The molecule has 0 radical (unpaired) electrons. The van der Waals surface area contributed by atoms with Gasteiger partial charge in [-0.2, -0.15) is 4.31 Å². The average molecular weight is 440 g/mol. The molecule has 0 aliphatic rings. The number of sulfonamides is 1. The Hall–Kier alpha value is -3.72. The number of anilines is 1. The molecule has 0 atom stereocenters. The summed E-state index contributed by atoms with van der Waals surface area (Å²) in [6.45, 7) is 2.82. The zero-order valence-electron chi connectivity index (χ0n) is 16.9. The Kier molecular flexibility index (Phi) is 6.36. The Labute approximate surface area is 179 Å². The van der Waals surface area contributed by atoms with Crippen molar-refractivity contribution >= 4 is 27.3 Å². The Bertz CT molecular complexity index is 1230. The standard InChI is InChI=1S/C22H20N2O6S/c1-16-9-8-13-19(17(16)2)23(31(28,29)18-10-4-3-5-11-18)22(25)15-30-21-14-7-6-12-20(21)24(26)27/h3-14H,15H2,1-2H3. The number of hydrogen-bond donors (Lipinski definition) is 0. The maximum Gasteiger partial charge on any atom is 0.310 e. The van der Waals surface area contributed by atoms with E-state index in [2.05, 4.69) is 0 Å². The van der Waals surface area contributed by atoms with Gasteiger partial charge in [0.25, 0.3) is 15.9 Å². The van der Waals surface area contributed by atoms with E-state index < -0.39 is 27.5 Å². The molecular weight excluding hydrogens is 420 g/mol. The third kappa shape index (κ3) is 4.56. The van der Waals surface area contributed by atoms with Crippen molar-refractivity contribution in [3.05, 3.63) is 94.0 Å². The van der Waals surface area contributed by atoms with Crippen LogP contribution in [0.15, 0.2) is 77.7 Å². The van der Waals surface area contributed by atoms with E-state index in [1.807, 2.05) is 0 Å². The second-order valence-electron chi connectivity index (χ2n) is 6.71. The van der Waals surface area contributed by atoms with Crippen molar-refractivity contribution in [3.8, 4) is 5.75 Å². The molecule has 0 fully saturated rings. The summed E-state index contributed by atoms with van der Waals surface area (Å²) in [7, 11) is -4.25. The molecular formula is C22H20N2O6S. The van der Waals surface area contributed by atoms with Gasteiger partial charge in [0.2, 0.25) is 0 Å².